The lowest BCUT2D eigenvalue weighted by atomic mass is 10.2. The minimum absolute atomic E-state index is 0.171. The monoisotopic (exact) mass is 260 g/mol. The highest BCUT2D eigenvalue weighted by Gasteiger charge is 2.12. The molecule has 0 aliphatic carbocycles. The molecule has 0 heterocycles. The van der Waals surface area contributed by atoms with Crippen molar-refractivity contribution in [3.63, 3.8) is 0 Å². The van der Waals surface area contributed by atoms with Crippen LogP contribution in [-0.2, 0) is 19.4 Å². The summed E-state index contributed by atoms with van der Waals surface area (Å²) in [4.78, 5) is 11.5. The number of unbranched alkanes of at least 4 members (excludes halogenated alkanes) is 1. The largest absolute Gasteiger partial charge is 0.462 e. The Kier molecular flexibility index (Phi) is 6.85. The smallest absolute Gasteiger partial charge is 0.341 e. The van der Waals surface area contributed by atoms with Gasteiger partial charge in [0.25, 0.3) is 0 Å². The number of esters is 1. The number of carbonyl (C=O) groups excluding carboxylic acids is 1. The third-order valence-electron chi connectivity index (χ3n) is 2.11. The Labute approximate surface area is 103 Å². The molecule has 0 saturated heterocycles. The van der Waals surface area contributed by atoms with Crippen molar-refractivity contribution in [2.45, 2.75) is 40.0 Å². The van der Waals surface area contributed by atoms with E-state index in [9.17, 15) is 13.2 Å². The number of rotatable bonds is 6. The minimum atomic E-state index is -3.30. The number of carbonyl (C=O) groups is 1. The molecule has 0 spiro atoms. The Hall–Kier alpha value is -1.06. The average Bonchev–Trinajstić information content (AvgIpc) is 2.22. The van der Waals surface area contributed by atoms with Crippen molar-refractivity contribution in [1.29, 1.82) is 0 Å². The maximum Gasteiger partial charge on any atom is 0.341 e. The first kappa shape index (κ1) is 15.9. The van der Waals surface area contributed by atoms with Crippen LogP contribution in [0, 0.1) is 0 Å². The van der Waals surface area contributed by atoms with Crippen LogP contribution in [0.15, 0.2) is 16.2 Å². The maximum atomic E-state index is 11.5. The van der Waals surface area contributed by atoms with Crippen LogP contribution in [0.5, 0.6) is 0 Å². The molecule has 4 nitrogen and oxygen atoms in total. The topological polar surface area (TPSA) is 60.4 Å². The van der Waals surface area contributed by atoms with Gasteiger partial charge in [-0.25, -0.2) is 13.2 Å². The zero-order valence-corrected chi connectivity index (χ0v) is 11.7. The second kappa shape index (κ2) is 7.30. The van der Waals surface area contributed by atoms with Crippen molar-refractivity contribution >= 4 is 15.8 Å². The molecule has 0 fully saturated rings. The van der Waals surface area contributed by atoms with Gasteiger partial charge in [-0.2, -0.15) is 0 Å². The van der Waals surface area contributed by atoms with Crippen LogP contribution in [0.4, 0.5) is 0 Å². The Balaban J connectivity index is 5.28. The molecule has 0 aromatic heterocycles. The molecule has 0 aromatic carbocycles. The van der Waals surface area contributed by atoms with E-state index in [1.54, 1.807) is 6.92 Å². The second-order valence-corrected chi connectivity index (χ2v) is 5.81. The number of hydrogen-bond acceptors (Lipinski definition) is 4. The average molecular weight is 260 g/mol. The summed E-state index contributed by atoms with van der Waals surface area (Å²) in [5.74, 6) is -0.523. The third kappa shape index (κ3) is 6.29. The molecule has 0 amide bonds. The van der Waals surface area contributed by atoms with Crippen molar-refractivity contribution in [3.05, 3.63) is 16.2 Å². The number of sulfone groups is 1. The van der Waals surface area contributed by atoms with Gasteiger partial charge in [0.15, 0.2) is 9.84 Å². The first-order valence-electron chi connectivity index (χ1n) is 5.66. The molecule has 98 valence electrons. The van der Waals surface area contributed by atoms with Crippen molar-refractivity contribution in [3.8, 4) is 0 Å². The zero-order chi connectivity index (χ0) is 13.5. The van der Waals surface area contributed by atoms with Gasteiger partial charge in [0, 0.05) is 6.26 Å². The van der Waals surface area contributed by atoms with Crippen molar-refractivity contribution in [2.75, 3.05) is 12.9 Å². The summed E-state index contributed by atoms with van der Waals surface area (Å²) in [5, 5.41) is 0. The standard InChI is InChI=1S/C12H20O4S/c1-5-7-8-11(17(4,14)15)9-10(3)12(13)16-6-2/h5-8H2,1-4H3. The van der Waals surface area contributed by atoms with E-state index in [2.05, 4.69) is 5.73 Å². The van der Waals surface area contributed by atoms with Gasteiger partial charge >= 0.3 is 5.97 Å². The van der Waals surface area contributed by atoms with Gasteiger partial charge in [-0.1, -0.05) is 19.1 Å². The van der Waals surface area contributed by atoms with Crippen LogP contribution in [0.2, 0.25) is 0 Å². The van der Waals surface area contributed by atoms with Crippen molar-refractivity contribution in [1.82, 2.24) is 0 Å². The van der Waals surface area contributed by atoms with Crippen LogP contribution >= 0.6 is 0 Å². The van der Waals surface area contributed by atoms with E-state index in [4.69, 9.17) is 4.74 Å². The zero-order valence-electron chi connectivity index (χ0n) is 10.9. The Morgan fingerprint density at radius 2 is 1.88 bits per heavy atom. The van der Waals surface area contributed by atoms with E-state index in [1.165, 1.54) is 6.92 Å². The summed E-state index contributed by atoms with van der Waals surface area (Å²) in [6, 6.07) is 0. The first-order chi connectivity index (χ1) is 7.82. The molecular weight excluding hydrogens is 240 g/mol. The fourth-order valence-corrected chi connectivity index (χ4v) is 2.03. The SMILES string of the molecule is CCCCC(=C=C(C)C(=O)OCC)S(C)(=O)=O. The molecular formula is C12H20O4S. The number of ether oxygens (including phenoxy) is 1. The lowest BCUT2D eigenvalue weighted by Crippen LogP contribution is -2.06. The molecule has 0 rings (SSSR count). The highest BCUT2D eigenvalue weighted by atomic mass is 32.2. The van der Waals surface area contributed by atoms with Gasteiger partial charge in [0.05, 0.1) is 17.1 Å². The van der Waals surface area contributed by atoms with Crippen LogP contribution in [0.25, 0.3) is 0 Å². The Bertz CT molecular complexity index is 425. The molecule has 0 aromatic rings. The lowest BCUT2D eigenvalue weighted by Gasteiger charge is -2.02. The molecule has 17 heavy (non-hydrogen) atoms. The van der Waals surface area contributed by atoms with Crippen LogP contribution in [-0.4, -0.2) is 27.2 Å². The van der Waals surface area contributed by atoms with Gasteiger partial charge in [-0.15, -0.1) is 0 Å². The summed E-state index contributed by atoms with van der Waals surface area (Å²) in [6.45, 7) is 5.45. The summed E-state index contributed by atoms with van der Waals surface area (Å²) >= 11 is 0. The summed E-state index contributed by atoms with van der Waals surface area (Å²) in [6.07, 6.45) is 3.18. The van der Waals surface area contributed by atoms with Crippen LogP contribution in [0.3, 0.4) is 0 Å². The van der Waals surface area contributed by atoms with Crippen molar-refractivity contribution in [2.24, 2.45) is 0 Å². The van der Waals surface area contributed by atoms with Crippen LogP contribution in [0.1, 0.15) is 40.0 Å². The molecule has 0 bridgehead atoms. The second-order valence-electron chi connectivity index (χ2n) is 3.77. The van der Waals surface area contributed by atoms with Gasteiger partial charge in [0.2, 0.25) is 0 Å². The molecule has 0 atom stereocenters. The predicted octanol–water partition coefficient (Wildman–Crippen LogP) is 2.21. The van der Waals surface area contributed by atoms with Gasteiger partial charge in [-0.05, 0) is 26.7 Å². The number of hydrogen-bond donors (Lipinski definition) is 0. The van der Waals surface area contributed by atoms with E-state index in [0.29, 0.717) is 6.42 Å². The summed E-state index contributed by atoms with van der Waals surface area (Å²) in [5.41, 5.74) is 2.84. The first-order valence-corrected chi connectivity index (χ1v) is 7.55. The summed E-state index contributed by atoms with van der Waals surface area (Å²) in [7, 11) is -3.30. The van der Waals surface area contributed by atoms with Crippen molar-refractivity contribution < 1.29 is 17.9 Å². The maximum absolute atomic E-state index is 11.5. The predicted molar refractivity (Wildman–Crippen MR) is 67.2 cm³/mol. The fraction of sp³-hybridized carbons (Fsp3) is 0.667. The van der Waals surface area contributed by atoms with Gasteiger partial charge in [0.1, 0.15) is 0 Å². The van der Waals surface area contributed by atoms with E-state index >= 15 is 0 Å². The molecule has 0 aliphatic rings. The Morgan fingerprint density at radius 3 is 2.29 bits per heavy atom. The molecule has 5 heteroatoms. The molecule has 0 unspecified atom stereocenters. The molecule has 0 aliphatic heterocycles. The highest BCUT2D eigenvalue weighted by Crippen LogP contribution is 2.13. The molecule has 0 radical (unpaired) electrons. The van der Waals surface area contributed by atoms with E-state index in [0.717, 1.165) is 19.1 Å². The normalized spacial score (nSPS) is 10.6. The Morgan fingerprint density at radius 1 is 1.29 bits per heavy atom. The van der Waals surface area contributed by atoms with Crippen LogP contribution < -0.4 is 0 Å². The lowest BCUT2D eigenvalue weighted by molar-refractivity contribution is -0.138. The fourth-order valence-electron chi connectivity index (χ4n) is 1.18. The quantitative estimate of drug-likeness (QED) is 0.417. The third-order valence-corrected chi connectivity index (χ3v) is 3.31. The summed E-state index contributed by atoms with van der Waals surface area (Å²) < 4.78 is 27.8. The van der Waals surface area contributed by atoms with E-state index in [1.807, 2.05) is 6.92 Å². The molecule has 0 saturated carbocycles. The minimum Gasteiger partial charge on any atom is -0.462 e. The molecule has 0 N–H and O–H groups in total. The van der Waals surface area contributed by atoms with E-state index < -0.39 is 15.8 Å². The highest BCUT2D eigenvalue weighted by molar-refractivity contribution is 7.94. The van der Waals surface area contributed by atoms with E-state index in [-0.39, 0.29) is 17.1 Å². The van der Waals surface area contributed by atoms with Gasteiger partial charge < -0.3 is 4.74 Å². The van der Waals surface area contributed by atoms with Gasteiger partial charge in [-0.3, -0.25) is 0 Å².